The van der Waals surface area contributed by atoms with Crippen LogP contribution in [0.4, 0.5) is 0 Å². The number of carbonyl (C=O) groups is 3. The van der Waals surface area contributed by atoms with Crippen molar-refractivity contribution < 1.29 is 28.6 Å². The highest BCUT2D eigenvalue weighted by Gasteiger charge is 2.19. The van der Waals surface area contributed by atoms with E-state index < -0.39 is 6.10 Å². The third-order valence-corrected chi connectivity index (χ3v) is 11.0. The zero-order chi connectivity index (χ0) is 51.4. The van der Waals surface area contributed by atoms with E-state index in [0.29, 0.717) is 19.3 Å². The Morgan fingerprint density at radius 2 is 0.549 bits per heavy atom. The number of hydrogen-bond acceptors (Lipinski definition) is 6. The molecule has 0 N–H and O–H groups in total. The number of unbranched alkanes of at least 4 members (excludes halogenated alkanes) is 19. The zero-order valence-electron chi connectivity index (χ0n) is 44.9. The van der Waals surface area contributed by atoms with Gasteiger partial charge >= 0.3 is 17.9 Å². The molecule has 0 bridgehead atoms. The van der Waals surface area contributed by atoms with Crippen LogP contribution >= 0.6 is 0 Å². The normalized spacial score (nSPS) is 13.5. The summed E-state index contributed by atoms with van der Waals surface area (Å²) in [6.45, 7) is 6.22. The van der Waals surface area contributed by atoms with E-state index in [2.05, 4.69) is 69.4 Å². The Balaban J connectivity index is 4.59. The van der Waals surface area contributed by atoms with Crippen molar-refractivity contribution in [1.29, 1.82) is 0 Å². The van der Waals surface area contributed by atoms with Crippen LogP contribution in [0.2, 0.25) is 0 Å². The molecule has 0 heterocycles. The van der Waals surface area contributed by atoms with E-state index in [4.69, 9.17) is 14.2 Å². The van der Waals surface area contributed by atoms with Gasteiger partial charge in [-0.1, -0.05) is 268 Å². The molecule has 394 valence electrons. The summed E-state index contributed by atoms with van der Waals surface area (Å²) in [5.74, 6) is -1.02. The SMILES string of the molecule is CC\C=C/C=C\C=C/C=C\C=C/CCCCCC(=O)OCC(COC(=O)CCCCC\C=C/C=C\C=C\C=C/C=C\C=C/C=C\CC)OC(=O)CCCCCCCCCCCC/C=C\C=C/CCCCC. The number of allylic oxidation sites excluding steroid dienone is 28. The van der Waals surface area contributed by atoms with Gasteiger partial charge in [0.15, 0.2) is 6.10 Å². The molecule has 71 heavy (non-hydrogen) atoms. The van der Waals surface area contributed by atoms with Crippen molar-refractivity contribution in [3.05, 3.63) is 170 Å². The monoisotopic (exact) mass is 975 g/mol. The molecule has 0 spiro atoms. The van der Waals surface area contributed by atoms with Crippen LogP contribution in [-0.4, -0.2) is 37.2 Å². The van der Waals surface area contributed by atoms with Crippen molar-refractivity contribution in [3.8, 4) is 0 Å². The molecule has 0 rings (SSSR count). The van der Waals surface area contributed by atoms with Crippen LogP contribution in [0.3, 0.4) is 0 Å². The fraction of sp³-hybridized carbons (Fsp3) is 0.523. The van der Waals surface area contributed by atoms with E-state index in [1.807, 2.05) is 122 Å². The summed E-state index contributed by atoms with van der Waals surface area (Å²) in [5, 5.41) is 0. The van der Waals surface area contributed by atoms with Crippen molar-refractivity contribution >= 4 is 17.9 Å². The van der Waals surface area contributed by atoms with Crippen molar-refractivity contribution in [2.45, 2.75) is 207 Å². The largest absolute Gasteiger partial charge is 0.462 e. The quantitative estimate of drug-likeness (QED) is 0.0262. The van der Waals surface area contributed by atoms with Crippen molar-refractivity contribution in [1.82, 2.24) is 0 Å². The van der Waals surface area contributed by atoms with Gasteiger partial charge in [0.25, 0.3) is 0 Å². The van der Waals surface area contributed by atoms with Gasteiger partial charge in [0.2, 0.25) is 0 Å². The summed E-state index contributed by atoms with van der Waals surface area (Å²) >= 11 is 0. The molecule has 0 saturated carbocycles. The Morgan fingerprint density at radius 1 is 0.296 bits per heavy atom. The first-order chi connectivity index (χ1) is 35.0. The van der Waals surface area contributed by atoms with Gasteiger partial charge in [0.05, 0.1) is 0 Å². The predicted molar refractivity (Wildman–Crippen MR) is 306 cm³/mol. The standard InChI is InChI=1S/C65H98O6/c1-4-7-10-13-16-19-22-25-28-30-32-34-37-40-43-46-49-52-55-58-64(67)70-61-62(60-69-63(66)57-54-51-48-45-42-39-36-27-24-21-18-15-12-9-6-3)71-65(68)59-56-53-50-47-44-41-38-35-33-31-29-26-23-20-17-14-11-8-5-2/h7,9-10,12-13,15-28,30,32,34,36-37,39-40,42-43,62H,4-6,8,11,14,29,31,33,35,38,41,44-61H2,1-3H3/b10-7-,12-9-,16-13-,18-15-,20-17-,22-19-,24-21-,26-23-,28-25-,32-30+,36-27-,37-34-,42-39-,43-40-. The van der Waals surface area contributed by atoms with Gasteiger partial charge in [-0.05, 0) is 83.5 Å². The van der Waals surface area contributed by atoms with E-state index in [-0.39, 0.29) is 37.5 Å². The lowest BCUT2D eigenvalue weighted by Gasteiger charge is -2.18. The molecular weight excluding hydrogens is 877 g/mol. The van der Waals surface area contributed by atoms with Crippen LogP contribution < -0.4 is 0 Å². The zero-order valence-corrected chi connectivity index (χ0v) is 44.9. The highest BCUT2D eigenvalue weighted by Crippen LogP contribution is 2.14. The molecular formula is C65H98O6. The molecule has 0 aromatic carbocycles. The number of esters is 3. The van der Waals surface area contributed by atoms with Crippen molar-refractivity contribution in [2.75, 3.05) is 13.2 Å². The average molecular weight is 975 g/mol. The Hall–Kier alpha value is -5.23. The maximum atomic E-state index is 12.9. The molecule has 1 unspecified atom stereocenters. The second-order valence-corrected chi connectivity index (χ2v) is 17.7. The van der Waals surface area contributed by atoms with Crippen LogP contribution in [-0.2, 0) is 28.6 Å². The van der Waals surface area contributed by atoms with E-state index in [1.54, 1.807) is 0 Å². The predicted octanol–water partition coefficient (Wildman–Crippen LogP) is 18.8. The van der Waals surface area contributed by atoms with Gasteiger partial charge in [-0.25, -0.2) is 0 Å². The summed E-state index contributed by atoms with van der Waals surface area (Å²) in [7, 11) is 0. The summed E-state index contributed by atoms with van der Waals surface area (Å²) in [6, 6.07) is 0. The molecule has 0 saturated heterocycles. The maximum absolute atomic E-state index is 12.9. The van der Waals surface area contributed by atoms with Gasteiger partial charge in [-0.2, -0.15) is 0 Å². The number of rotatable bonds is 47. The molecule has 6 heteroatoms. The van der Waals surface area contributed by atoms with Crippen LogP contribution in [0.5, 0.6) is 0 Å². The minimum Gasteiger partial charge on any atom is -0.462 e. The van der Waals surface area contributed by atoms with Crippen LogP contribution in [0.15, 0.2) is 170 Å². The maximum Gasteiger partial charge on any atom is 0.306 e. The van der Waals surface area contributed by atoms with Crippen LogP contribution in [0, 0.1) is 0 Å². The summed E-state index contributed by atoms with van der Waals surface area (Å²) in [4.78, 5) is 38.1. The molecule has 0 aliphatic heterocycles. The van der Waals surface area contributed by atoms with Gasteiger partial charge in [-0.15, -0.1) is 0 Å². The Labute approximate surface area is 434 Å². The molecule has 0 fully saturated rings. The van der Waals surface area contributed by atoms with E-state index in [0.717, 1.165) is 83.5 Å². The first-order valence-corrected chi connectivity index (χ1v) is 27.8. The van der Waals surface area contributed by atoms with Crippen LogP contribution in [0.25, 0.3) is 0 Å². The minimum atomic E-state index is -0.827. The number of hydrogen-bond donors (Lipinski definition) is 0. The Kier molecular flexibility index (Phi) is 53.1. The van der Waals surface area contributed by atoms with Gasteiger partial charge in [0.1, 0.15) is 13.2 Å². The third-order valence-electron chi connectivity index (χ3n) is 11.0. The highest BCUT2D eigenvalue weighted by molar-refractivity contribution is 5.71. The van der Waals surface area contributed by atoms with E-state index >= 15 is 0 Å². The van der Waals surface area contributed by atoms with Gasteiger partial charge in [-0.3, -0.25) is 14.4 Å². The molecule has 0 aromatic heterocycles. The van der Waals surface area contributed by atoms with Crippen molar-refractivity contribution in [2.24, 2.45) is 0 Å². The first-order valence-electron chi connectivity index (χ1n) is 27.8. The van der Waals surface area contributed by atoms with Crippen molar-refractivity contribution in [3.63, 3.8) is 0 Å². The summed E-state index contributed by atoms with van der Waals surface area (Å²) < 4.78 is 16.8. The fourth-order valence-electron chi connectivity index (χ4n) is 6.91. The second-order valence-electron chi connectivity index (χ2n) is 17.7. The molecule has 1 atom stereocenters. The van der Waals surface area contributed by atoms with Crippen LogP contribution in [0.1, 0.15) is 201 Å². The lowest BCUT2D eigenvalue weighted by atomic mass is 10.1. The molecule has 0 aliphatic carbocycles. The molecule has 0 radical (unpaired) electrons. The Bertz CT molecular complexity index is 1690. The topological polar surface area (TPSA) is 78.9 Å². The number of carbonyl (C=O) groups excluding carboxylic acids is 3. The number of ether oxygens (including phenoxy) is 3. The molecule has 0 aromatic rings. The first kappa shape index (κ1) is 65.8. The summed E-state index contributed by atoms with van der Waals surface area (Å²) in [6.07, 6.45) is 84.7. The minimum absolute atomic E-state index is 0.125. The van der Waals surface area contributed by atoms with E-state index in [9.17, 15) is 14.4 Å². The molecule has 6 nitrogen and oxygen atoms in total. The smallest absolute Gasteiger partial charge is 0.306 e. The highest BCUT2D eigenvalue weighted by atomic mass is 16.6. The third kappa shape index (κ3) is 55.6. The van der Waals surface area contributed by atoms with Gasteiger partial charge < -0.3 is 14.2 Å². The average Bonchev–Trinajstić information content (AvgIpc) is 3.37. The summed E-state index contributed by atoms with van der Waals surface area (Å²) in [5.41, 5.74) is 0. The lowest BCUT2D eigenvalue weighted by molar-refractivity contribution is -0.167. The van der Waals surface area contributed by atoms with E-state index in [1.165, 1.54) is 70.6 Å². The molecule has 0 aliphatic rings. The Morgan fingerprint density at radius 3 is 0.887 bits per heavy atom. The second kappa shape index (κ2) is 57.3. The lowest BCUT2D eigenvalue weighted by Crippen LogP contribution is -2.30. The fourth-order valence-corrected chi connectivity index (χ4v) is 6.91. The molecule has 0 amide bonds. The van der Waals surface area contributed by atoms with Gasteiger partial charge in [0, 0.05) is 19.3 Å².